The number of hydrogen-bond acceptors (Lipinski definition) is 8. The zero-order chi connectivity index (χ0) is 23.8. The van der Waals surface area contributed by atoms with E-state index in [1.54, 1.807) is 24.1 Å². The summed E-state index contributed by atoms with van der Waals surface area (Å²) in [4.78, 5) is 26.8. The number of benzene rings is 2. The third-order valence-corrected chi connectivity index (χ3v) is 6.50. The van der Waals surface area contributed by atoms with Gasteiger partial charge in [-0.3, -0.25) is 4.79 Å². The van der Waals surface area contributed by atoms with Crippen LogP contribution in [0.1, 0.15) is 5.56 Å². The Bertz CT molecular complexity index is 1430. The Kier molecular flexibility index (Phi) is 5.36. The van der Waals surface area contributed by atoms with Gasteiger partial charge in [0.05, 0.1) is 24.6 Å². The van der Waals surface area contributed by atoms with Gasteiger partial charge in [0.15, 0.2) is 11.5 Å². The van der Waals surface area contributed by atoms with Crippen LogP contribution >= 0.6 is 0 Å². The summed E-state index contributed by atoms with van der Waals surface area (Å²) in [5, 5.41) is 0.508. The molecule has 0 spiro atoms. The number of rotatable bonds is 5. The van der Waals surface area contributed by atoms with E-state index in [0.717, 1.165) is 43.2 Å². The maximum absolute atomic E-state index is 13.1. The van der Waals surface area contributed by atoms with Crippen molar-refractivity contribution < 1.29 is 14.2 Å². The molecule has 9 nitrogen and oxygen atoms in total. The van der Waals surface area contributed by atoms with Crippen molar-refractivity contribution in [3.63, 3.8) is 0 Å². The Labute approximate surface area is 202 Å². The number of pyridine rings is 1. The second kappa shape index (κ2) is 8.83. The summed E-state index contributed by atoms with van der Waals surface area (Å²) in [7, 11) is 1.67. The van der Waals surface area contributed by atoms with E-state index in [2.05, 4.69) is 26.9 Å². The van der Waals surface area contributed by atoms with E-state index < -0.39 is 0 Å². The van der Waals surface area contributed by atoms with Crippen LogP contribution in [0.5, 0.6) is 17.2 Å². The van der Waals surface area contributed by atoms with Crippen LogP contribution in [0, 0.1) is 0 Å². The van der Waals surface area contributed by atoms with Crippen LogP contribution < -0.4 is 29.6 Å². The van der Waals surface area contributed by atoms with Crippen LogP contribution in [0.4, 0.5) is 11.6 Å². The lowest BCUT2D eigenvalue weighted by Crippen LogP contribution is -2.47. The standard InChI is InChI=1S/C26H25N5O4/c1-33-20-5-3-19(4-6-20)29-10-12-30(13-11-29)26-27-15-21-22(28-26)8-9-31(25(21)32)16-18-2-7-23-24(14-18)35-17-34-23/h2-9,14-15H,10-13,16-17H2,1H3. The van der Waals surface area contributed by atoms with Gasteiger partial charge in [0.25, 0.3) is 5.56 Å². The fraction of sp³-hybridized carbons (Fsp3) is 0.269. The minimum absolute atomic E-state index is 0.115. The van der Waals surface area contributed by atoms with Gasteiger partial charge in [0.2, 0.25) is 12.7 Å². The molecule has 4 aromatic rings. The summed E-state index contributed by atoms with van der Waals surface area (Å²) in [5.41, 5.74) is 2.67. The molecule has 4 heterocycles. The lowest BCUT2D eigenvalue weighted by Gasteiger charge is -2.36. The maximum Gasteiger partial charge on any atom is 0.261 e. The monoisotopic (exact) mass is 471 g/mol. The van der Waals surface area contributed by atoms with Crippen LogP contribution in [0.3, 0.4) is 0 Å². The molecule has 0 amide bonds. The van der Waals surface area contributed by atoms with Crippen LogP contribution in [0.2, 0.25) is 0 Å². The Balaban J connectivity index is 1.17. The number of aromatic nitrogens is 3. The molecular formula is C26H25N5O4. The van der Waals surface area contributed by atoms with Crippen molar-refractivity contribution >= 4 is 22.5 Å². The average molecular weight is 472 g/mol. The molecule has 178 valence electrons. The smallest absolute Gasteiger partial charge is 0.261 e. The highest BCUT2D eigenvalue weighted by Gasteiger charge is 2.20. The topological polar surface area (TPSA) is 82.0 Å². The molecule has 35 heavy (non-hydrogen) atoms. The van der Waals surface area contributed by atoms with Crippen molar-refractivity contribution in [1.29, 1.82) is 0 Å². The summed E-state index contributed by atoms with van der Waals surface area (Å²) in [6.45, 7) is 4.00. The van der Waals surface area contributed by atoms with E-state index in [1.807, 2.05) is 36.4 Å². The summed E-state index contributed by atoms with van der Waals surface area (Å²) in [6, 6.07) is 15.7. The number of piperazine rings is 1. The summed E-state index contributed by atoms with van der Waals surface area (Å²) < 4.78 is 17.7. The SMILES string of the molecule is COc1ccc(N2CCN(c3ncc4c(=O)n(Cc5ccc6c(c5)OCO6)ccc4n3)CC2)cc1. The molecular weight excluding hydrogens is 446 g/mol. The number of fused-ring (bicyclic) bond motifs is 2. The molecule has 0 saturated carbocycles. The molecule has 0 unspecified atom stereocenters. The van der Waals surface area contributed by atoms with Crippen molar-refractivity contribution in [3.8, 4) is 17.2 Å². The number of methoxy groups -OCH3 is 1. The van der Waals surface area contributed by atoms with E-state index >= 15 is 0 Å². The highest BCUT2D eigenvalue weighted by atomic mass is 16.7. The van der Waals surface area contributed by atoms with Crippen molar-refractivity contribution in [2.45, 2.75) is 6.54 Å². The van der Waals surface area contributed by atoms with Crippen LogP contribution in [-0.2, 0) is 6.54 Å². The van der Waals surface area contributed by atoms with Gasteiger partial charge in [0.1, 0.15) is 5.75 Å². The van der Waals surface area contributed by atoms with Crippen LogP contribution in [-0.4, -0.2) is 54.6 Å². The van der Waals surface area contributed by atoms with Gasteiger partial charge in [-0.15, -0.1) is 0 Å². The van der Waals surface area contributed by atoms with E-state index in [9.17, 15) is 4.79 Å². The molecule has 0 radical (unpaired) electrons. The first-order chi connectivity index (χ1) is 17.2. The number of hydrogen-bond donors (Lipinski definition) is 0. The van der Waals surface area contributed by atoms with Gasteiger partial charge in [-0.05, 0) is 48.0 Å². The Morgan fingerprint density at radius 2 is 1.71 bits per heavy atom. The predicted molar refractivity (Wildman–Crippen MR) is 133 cm³/mol. The van der Waals surface area contributed by atoms with E-state index in [-0.39, 0.29) is 12.4 Å². The Morgan fingerprint density at radius 1 is 0.943 bits per heavy atom. The van der Waals surface area contributed by atoms with Crippen molar-refractivity contribution in [2.75, 3.05) is 49.9 Å². The van der Waals surface area contributed by atoms with Gasteiger partial charge in [-0.25, -0.2) is 9.97 Å². The molecule has 2 aliphatic rings. The van der Waals surface area contributed by atoms with E-state index in [4.69, 9.17) is 19.2 Å². The third-order valence-electron chi connectivity index (χ3n) is 6.50. The normalized spacial score (nSPS) is 15.0. The third kappa shape index (κ3) is 4.09. The molecule has 6 rings (SSSR count). The van der Waals surface area contributed by atoms with E-state index in [1.165, 1.54) is 5.69 Å². The first kappa shape index (κ1) is 21.3. The molecule has 1 fully saturated rings. The Hall–Kier alpha value is -4.27. The van der Waals surface area contributed by atoms with Crippen LogP contribution in [0.15, 0.2) is 65.7 Å². The summed E-state index contributed by atoms with van der Waals surface area (Å²) in [5.74, 6) is 2.94. The van der Waals surface area contributed by atoms with Gasteiger partial charge >= 0.3 is 0 Å². The molecule has 0 N–H and O–H groups in total. The first-order valence-corrected chi connectivity index (χ1v) is 11.6. The van der Waals surface area contributed by atoms with Gasteiger partial charge < -0.3 is 28.6 Å². The van der Waals surface area contributed by atoms with Crippen molar-refractivity contribution in [2.24, 2.45) is 0 Å². The molecule has 2 aromatic heterocycles. The number of anilines is 2. The van der Waals surface area contributed by atoms with Crippen molar-refractivity contribution in [3.05, 3.63) is 76.8 Å². The molecule has 2 aromatic carbocycles. The lowest BCUT2D eigenvalue weighted by molar-refractivity contribution is 0.174. The molecule has 2 aliphatic heterocycles. The minimum atomic E-state index is -0.115. The zero-order valence-corrected chi connectivity index (χ0v) is 19.4. The second-order valence-electron chi connectivity index (χ2n) is 8.58. The largest absolute Gasteiger partial charge is 0.497 e. The molecule has 0 atom stereocenters. The van der Waals surface area contributed by atoms with Crippen LogP contribution in [0.25, 0.3) is 10.9 Å². The number of ether oxygens (including phenoxy) is 3. The fourth-order valence-corrected chi connectivity index (χ4v) is 4.53. The summed E-state index contributed by atoms with van der Waals surface area (Å²) in [6.07, 6.45) is 3.43. The summed E-state index contributed by atoms with van der Waals surface area (Å²) >= 11 is 0. The minimum Gasteiger partial charge on any atom is -0.497 e. The molecule has 0 aliphatic carbocycles. The van der Waals surface area contributed by atoms with Gasteiger partial charge in [-0.1, -0.05) is 6.07 Å². The Morgan fingerprint density at radius 3 is 2.51 bits per heavy atom. The molecule has 1 saturated heterocycles. The van der Waals surface area contributed by atoms with Gasteiger partial charge in [-0.2, -0.15) is 0 Å². The molecule has 9 heteroatoms. The zero-order valence-electron chi connectivity index (χ0n) is 19.4. The van der Waals surface area contributed by atoms with Crippen molar-refractivity contribution in [1.82, 2.24) is 14.5 Å². The quantitative estimate of drug-likeness (QED) is 0.440. The second-order valence-corrected chi connectivity index (χ2v) is 8.58. The van der Waals surface area contributed by atoms with E-state index in [0.29, 0.717) is 29.1 Å². The lowest BCUT2D eigenvalue weighted by atomic mass is 10.2. The highest BCUT2D eigenvalue weighted by Crippen LogP contribution is 2.32. The van der Waals surface area contributed by atoms with Gasteiger partial charge in [0, 0.05) is 44.3 Å². The predicted octanol–water partition coefficient (Wildman–Crippen LogP) is 2.90. The first-order valence-electron chi connectivity index (χ1n) is 11.6. The number of nitrogens with zero attached hydrogens (tertiary/aromatic N) is 5. The highest BCUT2D eigenvalue weighted by molar-refractivity contribution is 5.77. The fourth-order valence-electron chi connectivity index (χ4n) is 4.53. The average Bonchev–Trinajstić information content (AvgIpc) is 3.38. The molecule has 0 bridgehead atoms. The maximum atomic E-state index is 13.1.